The number of nitrogens with one attached hydrogen (secondary N) is 2. The van der Waals surface area contributed by atoms with E-state index in [2.05, 4.69) is 10.6 Å². The number of nitrogens with two attached hydrogens (primary N) is 1. The Hall–Kier alpha value is -2.63. The largest absolute Gasteiger partial charge is 0.364 e. The van der Waals surface area contributed by atoms with E-state index in [1.807, 2.05) is 44.2 Å². The summed E-state index contributed by atoms with van der Waals surface area (Å²) in [5.74, 6) is -1.22. The number of primary amides is 1. The molecule has 4 N–H and O–H groups in total. The summed E-state index contributed by atoms with van der Waals surface area (Å²) in [6, 6.07) is 9.94. The van der Waals surface area contributed by atoms with Crippen LogP contribution in [0.1, 0.15) is 57.9 Å². The summed E-state index contributed by atoms with van der Waals surface area (Å²) in [7, 11) is 0. The number of benzene rings is 1. The molecule has 0 spiro atoms. The van der Waals surface area contributed by atoms with Gasteiger partial charge < -0.3 is 16.4 Å². The minimum Gasteiger partial charge on any atom is -0.364 e. The van der Waals surface area contributed by atoms with Crippen molar-refractivity contribution in [1.29, 1.82) is 0 Å². The lowest BCUT2D eigenvalue weighted by molar-refractivity contribution is -0.123. The Kier molecular flexibility index (Phi) is 9.75. The normalized spacial score (nSPS) is 11.5. The summed E-state index contributed by atoms with van der Waals surface area (Å²) in [6.07, 6.45) is 3.95. The molecule has 6 heteroatoms. The molecule has 0 fully saturated rings. The summed E-state index contributed by atoms with van der Waals surface area (Å²) in [6.45, 7) is 3.79. The average Bonchev–Trinajstić information content (AvgIpc) is 2.60. The molecule has 0 heterocycles. The van der Waals surface area contributed by atoms with E-state index in [4.69, 9.17) is 5.73 Å². The standard InChI is InChI=1S/C20H29N3O3/c1-3-9-16(19(20(21)26)23-17(24)10-4-2)22-18(25)14-8-13-15-11-6-5-7-12-15/h5-7,11-12H,3-4,8-10,13-14H2,1-2H3,(H2,21,26)(H,22,25)(H,23,24). The van der Waals surface area contributed by atoms with Crippen molar-refractivity contribution in [2.45, 2.75) is 58.8 Å². The van der Waals surface area contributed by atoms with Crippen LogP contribution in [-0.4, -0.2) is 17.7 Å². The van der Waals surface area contributed by atoms with Crippen LogP contribution >= 0.6 is 0 Å². The predicted molar refractivity (Wildman–Crippen MR) is 102 cm³/mol. The first kappa shape index (κ1) is 21.4. The van der Waals surface area contributed by atoms with Crippen LogP contribution in [-0.2, 0) is 20.8 Å². The third kappa shape index (κ3) is 7.96. The first-order chi connectivity index (χ1) is 12.5. The minimum atomic E-state index is -0.748. The molecule has 0 bridgehead atoms. The summed E-state index contributed by atoms with van der Waals surface area (Å²) in [5, 5.41) is 5.30. The Morgan fingerprint density at radius 2 is 1.50 bits per heavy atom. The number of carbonyl (C=O) groups excluding carboxylic acids is 3. The topological polar surface area (TPSA) is 101 Å². The monoisotopic (exact) mass is 359 g/mol. The summed E-state index contributed by atoms with van der Waals surface area (Å²) < 4.78 is 0. The van der Waals surface area contributed by atoms with E-state index in [9.17, 15) is 14.4 Å². The Labute approximate surface area is 155 Å². The van der Waals surface area contributed by atoms with E-state index in [1.54, 1.807) is 0 Å². The zero-order chi connectivity index (χ0) is 19.4. The second-order valence-corrected chi connectivity index (χ2v) is 6.15. The van der Waals surface area contributed by atoms with Gasteiger partial charge in [-0.15, -0.1) is 0 Å². The highest BCUT2D eigenvalue weighted by atomic mass is 16.2. The molecule has 3 amide bonds. The fourth-order valence-electron chi connectivity index (χ4n) is 2.54. The van der Waals surface area contributed by atoms with Gasteiger partial charge in [0, 0.05) is 18.5 Å². The van der Waals surface area contributed by atoms with Gasteiger partial charge in [0.05, 0.1) is 0 Å². The number of allylic oxidation sites excluding steroid dienone is 1. The van der Waals surface area contributed by atoms with Gasteiger partial charge in [-0.2, -0.15) is 0 Å². The third-order valence-corrected chi connectivity index (χ3v) is 3.79. The molecular formula is C20H29N3O3. The van der Waals surface area contributed by atoms with Crippen molar-refractivity contribution in [1.82, 2.24) is 10.6 Å². The van der Waals surface area contributed by atoms with Gasteiger partial charge in [-0.25, -0.2) is 0 Å². The van der Waals surface area contributed by atoms with E-state index < -0.39 is 5.91 Å². The van der Waals surface area contributed by atoms with Gasteiger partial charge in [0.25, 0.3) is 5.91 Å². The van der Waals surface area contributed by atoms with Crippen LogP contribution in [0.3, 0.4) is 0 Å². The number of rotatable bonds is 11. The lowest BCUT2D eigenvalue weighted by atomic mass is 10.1. The maximum Gasteiger partial charge on any atom is 0.267 e. The average molecular weight is 359 g/mol. The smallest absolute Gasteiger partial charge is 0.267 e. The molecule has 0 saturated carbocycles. The molecule has 0 aliphatic rings. The van der Waals surface area contributed by atoms with Crippen molar-refractivity contribution in [3.63, 3.8) is 0 Å². The first-order valence-electron chi connectivity index (χ1n) is 9.14. The Bertz CT molecular complexity index is 639. The van der Waals surface area contributed by atoms with Gasteiger partial charge in [-0.05, 0) is 31.2 Å². The molecule has 1 aromatic carbocycles. The Morgan fingerprint density at radius 3 is 2.08 bits per heavy atom. The van der Waals surface area contributed by atoms with Crippen LogP contribution in [0.2, 0.25) is 0 Å². The Balaban J connectivity index is 2.71. The minimum absolute atomic E-state index is 0.0123. The van der Waals surface area contributed by atoms with Crippen molar-refractivity contribution in [2.75, 3.05) is 0 Å². The molecule has 142 valence electrons. The lowest BCUT2D eigenvalue weighted by Gasteiger charge is -2.15. The van der Waals surface area contributed by atoms with E-state index in [1.165, 1.54) is 5.56 Å². The molecule has 0 radical (unpaired) electrons. The van der Waals surface area contributed by atoms with Gasteiger partial charge in [0.1, 0.15) is 5.70 Å². The SMILES string of the molecule is CCCC(=O)NC(C(N)=O)=C(CCC)NC(=O)CCCc1ccccc1. The van der Waals surface area contributed by atoms with Gasteiger partial charge >= 0.3 is 0 Å². The number of hydrogen-bond acceptors (Lipinski definition) is 3. The molecule has 0 aliphatic heterocycles. The van der Waals surface area contributed by atoms with Crippen molar-refractivity contribution in [2.24, 2.45) is 5.73 Å². The van der Waals surface area contributed by atoms with E-state index in [0.29, 0.717) is 44.2 Å². The van der Waals surface area contributed by atoms with Gasteiger partial charge in [0.15, 0.2) is 0 Å². The third-order valence-electron chi connectivity index (χ3n) is 3.79. The highest BCUT2D eigenvalue weighted by molar-refractivity contribution is 5.97. The van der Waals surface area contributed by atoms with Crippen LogP contribution in [0, 0.1) is 0 Å². The molecule has 0 aromatic heterocycles. The van der Waals surface area contributed by atoms with Crippen LogP contribution in [0.25, 0.3) is 0 Å². The zero-order valence-electron chi connectivity index (χ0n) is 15.6. The summed E-state index contributed by atoms with van der Waals surface area (Å²) >= 11 is 0. The molecule has 0 saturated heterocycles. The zero-order valence-corrected chi connectivity index (χ0v) is 15.6. The molecule has 0 aliphatic carbocycles. The highest BCUT2D eigenvalue weighted by Gasteiger charge is 2.17. The van der Waals surface area contributed by atoms with E-state index in [0.717, 1.165) is 6.42 Å². The summed E-state index contributed by atoms with van der Waals surface area (Å²) in [5.41, 5.74) is 6.95. The van der Waals surface area contributed by atoms with Crippen LogP contribution in [0.4, 0.5) is 0 Å². The molecular weight excluding hydrogens is 330 g/mol. The number of aryl methyl sites for hydroxylation is 1. The molecule has 1 rings (SSSR count). The fourth-order valence-corrected chi connectivity index (χ4v) is 2.54. The van der Waals surface area contributed by atoms with Crippen molar-refractivity contribution >= 4 is 17.7 Å². The number of hydrogen-bond donors (Lipinski definition) is 3. The second-order valence-electron chi connectivity index (χ2n) is 6.15. The van der Waals surface area contributed by atoms with E-state index >= 15 is 0 Å². The van der Waals surface area contributed by atoms with Gasteiger partial charge in [-0.3, -0.25) is 14.4 Å². The van der Waals surface area contributed by atoms with Crippen LogP contribution in [0.5, 0.6) is 0 Å². The van der Waals surface area contributed by atoms with Gasteiger partial charge in [-0.1, -0.05) is 50.6 Å². The Morgan fingerprint density at radius 1 is 0.885 bits per heavy atom. The van der Waals surface area contributed by atoms with Crippen LogP contribution in [0.15, 0.2) is 41.7 Å². The van der Waals surface area contributed by atoms with E-state index in [-0.39, 0.29) is 17.5 Å². The maximum atomic E-state index is 12.2. The number of carbonyl (C=O) groups is 3. The maximum absolute atomic E-state index is 12.2. The molecule has 0 atom stereocenters. The molecule has 26 heavy (non-hydrogen) atoms. The molecule has 1 aromatic rings. The second kappa shape index (κ2) is 11.8. The van der Waals surface area contributed by atoms with Gasteiger partial charge in [0.2, 0.25) is 11.8 Å². The highest BCUT2D eigenvalue weighted by Crippen LogP contribution is 2.09. The summed E-state index contributed by atoms with van der Waals surface area (Å²) in [4.78, 5) is 35.8. The number of amides is 3. The van der Waals surface area contributed by atoms with Crippen LogP contribution < -0.4 is 16.4 Å². The predicted octanol–water partition coefficient (Wildman–Crippen LogP) is 2.54. The first-order valence-corrected chi connectivity index (χ1v) is 9.14. The van der Waals surface area contributed by atoms with Crippen molar-refractivity contribution < 1.29 is 14.4 Å². The van der Waals surface area contributed by atoms with Crippen molar-refractivity contribution in [3.05, 3.63) is 47.3 Å². The fraction of sp³-hybridized carbons (Fsp3) is 0.450. The quantitative estimate of drug-likeness (QED) is 0.529. The molecule has 6 nitrogen and oxygen atoms in total. The lowest BCUT2D eigenvalue weighted by Crippen LogP contribution is -2.36. The van der Waals surface area contributed by atoms with Crippen molar-refractivity contribution in [3.8, 4) is 0 Å². The molecule has 0 unspecified atom stereocenters.